The first-order valence-electron chi connectivity index (χ1n) is 7.06. The summed E-state index contributed by atoms with van der Waals surface area (Å²) in [5.41, 5.74) is 2.94. The minimum atomic E-state index is -0.260. The van der Waals surface area contributed by atoms with Crippen LogP contribution in [0.1, 0.15) is 17.3 Å². The Morgan fingerprint density at radius 1 is 0.864 bits per heavy atom. The predicted octanol–water partition coefficient (Wildman–Crippen LogP) is 3.91. The highest BCUT2D eigenvalue weighted by atomic mass is 16.1. The van der Waals surface area contributed by atoms with Crippen molar-refractivity contribution < 1.29 is 4.79 Å². The third-order valence-corrected chi connectivity index (χ3v) is 3.53. The molecule has 1 heterocycles. The van der Waals surface area contributed by atoms with Gasteiger partial charge in [0.15, 0.2) is 11.2 Å². The number of aromatic nitrogens is 1. The topological polar surface area (TPSA) is 49.9 Å². The van der Waals surface area contributed by atoms with Crippen LogP contribution in [0.5, 0.6) is 0 Å². The van der Waals surface area contributed by atoms with Crippen LogP contribution in [-0.2, 0) is 0 Å². The Kier molecular flexibility index (Phi) is 3.71. The van der Waals surface area contributed by atoms with Crippen molar-refractivity contribution in [2.75, 3.05) is 0 Å². The molecule has 0 spiro atoms. The van der Waals surface area contributed by atoms with Gasteiger partial charge in [-0.1, -0.05) is 60.7 Å². The number of carbonyl (C=O) groups excluding carboxylic acids is 1. The second-order valence-electron chi connectivity index (χ2n) is 5.09. The largest absolute Gasteiger partial charge is 0.354 e. The number of aromatic amines is 1. The van der Waals surface area contributed by atoms with Crippen molar-refractivity contribution in [3.63, 3.8) is 0 Å². The van der Waals surface area contributed by atoms with Gasteiger partial charge in [-0.05, 0) is 18.1 Å². The molecule has 0 radical (unpaired) electrons. The minimum absolute atomic E-state index is 0.200. The van der Waals surface area contributed by atoms with Gasteiger partial charge in [-0.15, -0.1) is 0 Å². The lowest BCUT2D eigenvalue weighted by Gasteiger charge is -2.10. The number of carbonyl (C=O) groups is 1. The molecule has 2 aromatic carbocycles. The number of nitrogens with one attached hydrogen (secondary N) is 1. The zero-order valence-corrected chi connectivity index (χ0v) is 12.2. The first-order chi connectivity index (χ1) is 10.7. The summed E-state index contributed by atoms with van der Waals surface area (Å²) in [5.74, 6) is -0.236. The third kappa shape index (κ3) is 2.61. The summed E-state index contributed by atoms with van der Waals surface area (Å²) < 4.78 is 0. The molecule has 0 aliphatic rings. The Bertz CT molecular complexity index is 865. The number of H-pyrrole nitrogens is 1. The van der Waals surface area contributed by atoms with E-state index >= 15 is 0 Å². The van der Waals surface area contributed by atoms with Crippen molar-refractivity contribution in [3.8, 4) is 22.5 Å². The number of Topliss-reactive ketones (excluding diaryl/α,β-unsaturated/α-hetero) is 1. The lowest BCUT2D eigenvalue weighted by Crippen LogP contribution is -2.15. The Balaban J connectivity index is 2.29. The highest BCUT2D eigenvalue weighted by Gasteiger charge is 2.15. The van der Waals surface area contributed by atoms with E-state index in [0.29, 0.717) is 11.4 Å². The average molecular weight is 289 g/mol. The van der Waals surface area contributed by atoms with E-state index in [1.807, 2.05) is 60.7 Å². The van der Waals surface area contributed by atoms with Crippen LogP contribution < -0.4 is 5.43 Å². The van der Waals surface area contributed by atoms with Crippen molar-refractivity contribution in [2.24, 2.45) is 0 Å². The normalized spacial score (nSPS) is 10.4. The summed E-state index contributed by atoms with van der Waals surface area (Å²) in [6.45, 7) is 1.42. The molecule has 0 aliphatic heterocycles. The molecule has 0 amide bonds. The molecule has 0 saturated carbocycles. The smallest absolute Gasteiger partial charge is 0.193 e. The van der Waals surface area contributed by atoms with E-state index in [1.54, 1.807) is 0 Å². The van der Waals surface area contributed by atoms with Crippen LogP contribution in [0.4, 0.5) is 0 Å². The average Bonchev–Trinajstić information content (AvgIpc) is 2.55. The van der Waals surface area contributed by atoms with Gasteiger partial charge < -0.3 is 4.98 Å². The van der Waals surface area contributed by atoms with Crippen LogP contribution in [0.2, 0.25) is 0 Å². The van der Waals surface area contributed by atoms with Gasteiger partial charge >= 0.3 is 0 Å². The van der Waals surface area contributed by atoms with Crippen molar-refractivity contribution in [1.29, 1.82) is 0 Å². The number of benzene rings is 2. The second-order valence-corrected chi connectivity index (χ2v) is 5.09. The van der Waals surface area contributed by atoms with Crippen LogP contribution in [-0.4, -0.2) is 10.8 Å². The highest BCUT2D eigenvalue weighted by molar-refractivity contribution is 6.00. The van der Waals surface area contributed by atoms with E-state index in [9.17, 15) is 9.59 Å². The Labute approximate surface area is 128 Å². The molecular formula is C19H15NO2. The summed E-state index contributed by atoms with van der Waals surface area (Å²) in [4.78, 5) is 27.5. The Hall–Kier alpha value is -2.94. The maximum absolute atomic E-state index is 12.4. The number of ketones is 1. The van der Waals surface area contributed by atoms with E-state index in [0.717, 1.165) is 11.1 Å². The van der Waals surface area contributed by atoms with Gasteiger partial charge in [-0.3, -0.25) is 9.59 Å². The number of rotatable bonds is 3. The lowest BCUT2D eigenvalue weighted by molar-refractivity contribution is 0.101. The van der Waals surface area contributed by atoms with Crippen LogP contribution >= 0.6 is 0 Å². The molecule has 0 saturated heterocycles. The monoisotopic (exact) mass is 289 g/mol. The van der Waals surface area contributed by atoms with E-state index in [-0.39, 0.29) is 16.8 Å². The summed E-state index contributed by atoms with van der Waals surface area (Å²) >= 11 is 0. The molecule has 1 aromatic heterocycles. The zero-order valence-electron chi connectivity index (χ0n) is 12.2. The van der Waals surface area contributed by atoms with E-state index in [4.69, 9.17) is 0 Å². The Morgan fingerprint density at radius 3 is 1.95 bits per heavy atom. The minimum Gasteiger partial charge on any atom is -0.354 e. The highest BCUT2D eigenvalue weighted by Crippen LogP contribution is 2.24. The van der Waals surface area contributed by atoms with Gasteiger partial charge in [0, 0.05) is 11.8 Å². The van der Waals surface area contributed by atoms with E-state index < -0.39 is 0 Å². The standard InChI is InChI=1S/C19H15NO2/c1-13(21)18-17(22)12-16(14-8-4-2-5-9-14)20-19(18)15-10-6-3-7-11-15/h2-12H,1H3,(H,20,22). The van der Waals surface area contributed by atoms with E-state index in [2.05, 4.69) is 4.98 Å². The molecule has 108 valence electrons. The molecule has 0 aliphatic carbocycles. The van der Waals surface area contributed by atoms with Crippen molar-refractivity contribution in [1.82, 2.24) is 4.98 Å². The molecule has 3 heteroatoms. The fourth-order valence-corrected chi connectivity index (χ4v) is 2.50. The molecule has 3 nitrogen and oxygen atoms in total. The molecule has 22 heavy (non-hydrogen) atoms. The maximum atomic E-state index is 12.4. The SMILES string of the molecule is CC(=O)c1c(-c2ccccc2)[nH]c(-c2ccccc2)cc1=O. The Morgan fingerprint density at radius 2 is 1.41 bits per heavy atom. The lowest BCUT2D eigenvalue weighted by atomic mass is 10.0. The molecule has 3 aromatic rings. The van der Waals surface area contributed by atoms with Crippen molar-refractivity contribution in [2.45, 2.75) is 6.92 Å². The van der Waals surface area contributed by atoms with E-state index in [1.165, 1.54) is 13.0 Å². The fraction of sp³-hybridized carbons (Fsp3) is 0.0526. The van der Waals surface area contributed by atoms with Gasteiger partial charge in [-0.25, -0.2) is 0 Å². The molecule has 0 atom stereocenters. The fourth-order valence-electron chi connectivity index (χ4n) is 2.50. The molecule has 1 N–H and O–H groups in total. The van der Waals surface area contributed by atoms with Gasteiger partial charge in [0.25, 0.3) is 0 Å². The van der Waals surface area contributed by atoms with Crippen LogP contribution in [0.15, 0.2) is 71.5 Å². The maximum Gasteiger partial charge on any atom is 0.193 e. The van der Waals surface area contributed by atoms with Gasteiger partial charge in [-0.2, -0.15) is 0 Å². The number of pyridine rings is 1. The first kappa shape index (κ1) is 14.0. The predicted molar refractivity (Wildman–Crippen MR) is 87.9 cm³/mol. The molecule has 0 bridgehead atoms. The number of hydrogen-bond acceptors (Lipinski definition) is 2. The van der Waals surface area contributed by atoms with Crippen LogP contribution in [0.25, 0.3) is 22.5 Å². The van der Waals surface area contributed by atoms with Crippen LogP contribution in [0.3, 0.4) is 0 Å². The van der Waals surface area contributed by atoms with Crippen molar-refractivity contribution in [3.05, 3.63) is 82.5 Å². The first-order valence-corrected chi connectivity index (χ1v) is 7.06. The quantitative estimate of drug-likeness (QED) is 0.743. The summed E-state index contributed by atoms with van der Waals surface area (Å²) in [7, 11) is 0. The summed E-state index contributed by atoms with van der Waals surface area (Å²) in [6.07, 6.45) is 0. The zero-order chi connectivity index (χ0) is 15.5. The molecule has 3 rings (SSSR count). The summed E-state index contributed by atoms with van der Waals surface area (Å²) in [6, 6.07) is 20.5. The van der Waals surface area contributed by atoms with Crippen LogP contribution in [0, 0.1) is 0 Å². The van der Waals surface area contributed by atoms with Gasteiger partial charge in [0.1, 0.15) is 0 Å². The molecule has 0 fully saturated rings. The third-order valence-electron chi connectivity index (χ3n) is 3.53. The number of hydrogen-bond donors (Lipinski definition) is 1. The van der Waals surface area contributed by atoms with Gasteiger partial charge in [0.2, 0.25) is 0 Å². The van der Waals surface area contributed by atoms with Gasteiger partial charge in [0.05, 0.1) is 11.3 Å². The van der Waals surface area contributed by atoms with Crippen molar-refractivity contribution >= 4 is 5.78 Å². The second kappa shape index (κ2) is 5.82. The summed E-state index contributed by atoms with van der Waals surface area (Å²) in [5, 5.41) is 0. The molecular weight excluding hydrogens is 274 g/mol. The molecule has 0 unspecified atom stereocenters.